The third kappa shape index (κ3) is 1.88. The van der Waals surface area contributed by atoms with Crippen LogP contribution in [0.1, 0.15) is 43.9 Å². The average molecular weight is 271 g/mol. The van der Waals surface area contributed by atoms with Gasteiger partial charge in [0, 0.05) is 12.7 Å². The minimum Gasteiger partial charge on any atom is -0.357 e. The predicted octanol–water partition coefficient (Wildman–Crippen LogP) is 3.22. The van der Waals surface area contributed by atoms with Gasteiger partial charge in [0.25, 0.3) is 5.91 Å². The second kappa shape index (κ2) is 5.06. The number of amides is 1. The fourth-order valence-corrected chi connectivity index (χ4v) is 3.48. The smallest absolute Gasteiger partial charge is 0.252 e. The van der Waals surface area contributed by atoms with E-state index in [0.717, 1.165) is 30.4 Å². The number of fused-ring (bicyclic) bond motifs is 1. The molecule has 3 rings (SSSR count). The number of aryl methyl sites for hydroxylation is 1. The van der Waals surface area contributed by atoms with Crippen LogP contribution < -0.4 is 0 Å². The average Bonchev–Trinajstić information content (AvgIpc) is 2.70. The van der Waals surface area contributed by atoms with Crippen molar-refractivity contribution in [2.75, 3.05) is 7.11 Å². The van der Waals surface area contributed by atoms with E-state index in [1.54, 1.807) is 7.11 Å². The summed E-state index contributed by atoms with van der Waals surface area (Å²) in [6, 6.07) is 8.62. The van der Waals surface area contributed by atoms with Crippen LogP contribution >= 0.6 is 0 Å². The maximum Gasteiger partial charge on any atom is 0.252 e. The number of rotatable bonds is 2. The molecular formula is C17H21NO2. The highest BCUT2D eigenvalue weighted by atomic mass is 16.5. The van der Waals surface area contributed by atoms with Gasteiger partial charge in [0.2, 0.25) is 0 Å². The monoisotopic (exact) mass is 271 g/mol. The molecule has 0 spiro atoms. The summed E-state index contributed by atoms with van der Waals surface area (Å²) in [5, 5.41) is 0. The molecule has 1 heterocycles. The molecule has 0 fully saturated rings. The molecule has 1 aromatic carbocycles. The summed E-state index contributed by atoms with van der Waals surface area (Å²) in [7, 11) is 1.68. The molecule has 0 bridgehead atoms. The molecule has 106 valence electrons. The van der Waals surface area contributed by atoms with E-state index in [0.29, 0.717) is 0 Å². The Morgan fingerprint density at radius 2 is 2.00 bits per heavy atom. The molecule has 0 saturated heterocycles. The van der Waals surface area contributed by atoms with Crippen molar-refractivity contribution in [1.82, 2.24) is 4.90 Å². The Balaban J connectivity index is 2.01. The first-order chi connectivity index (χ1) is 9.65. The molecule has 1 amide bonds. The van der Waals surface area contributed by atoms with Crippen LogP contribution in [0.25, 0.3) is 0 Å². The molecule has 1 aromatic rings. The van der Waals surface area contributed by atoms with Gasteiger partial charge in [-0.3, -0.25) is 4.79 Å². The Bertz CT molecular complexity index is 576. The zero-order chi connectivity index (χ0) is 14.3. The molecule has 0 radical (unpaired) electrons. The Hall–Kier alpha value is -1.61. The highest BCUT2D eigenvalue weighted by Gasteiger charge is 2.41. The van der Waals surface area contributed by atoms with Crippen LogP contribution in [-0.2, 0) is 16.0 Å². The first kappa shape index (κ1) is 13.4. The number of nitrogens with zero attached hydrogens (tertiary/aromatic N) is 1. The largest absolute Gasteiger partial charge is 0.357 e. The van der Waals surface area contributed by atoms with Crippen molar-refractivity contribution in [3.05, 3.63) is 46.5 Å². The van der Waals surface area contributed by atoms with E-state index in [4.69, 9.17) is 4.74 Å². The molecular weight excluding hydrogens is 250 g/mol. The van der Waals surface area contributed by atoms with Crippen molar-refractivity contribution in [2.24, 2.45) is 0 Å². The molecule has 0 N–H and O–H groups in total. The number of methoxy groups -OCH3 is 1. The molecule has 2 unspecified atom stereocenters. The summed E-state index contributed by atoms with van der Waals surface area (Å²) in [6.07, 6.45) is 3.04. The minimum absolute atomic E-state index is 0.121. The molecule has 2 aliphatic rings. The van der Waals surface area contributed by atoms with Crippen molar-refractivity contribution in [1.29, 1.82) is 0 Å². The number of ether oxygens (including phenoxy) is 1. The lowest BCUT2D eigenvalue weighted by atomic mass is 9.86. The van der Waals surface area contributed by atoms with Gasteiger partial charge in [0.1, 0.15) is 0 Å². The van der Waals surface area contributed by atoms with Crippen LogP contribution in [0.4, 0.5) is 0 Å². The molecule has 0 saturated carbocycles. The Kier molecular flexibility index (Phi) is 3.38. The fraction of sp³-hybridized carbons (Fsp3) is 0.471. The summed E-state index contributed by atoms with van der Waals surface area (Å²) < 4.78 is 5.59. The van der Waals surface area contributed by atoms with Crippen molar-refractivity contribution in [3.63, 3.8) is 0 Å². The maximum atomic E-state index is 12.6. The predicted molar refractivity (Wildman–Crippen MR) is 78.1 cm³/mol. The van der Waals surface area contributed by atoms with Crippen molar-refractivity contribution in [2.45, 2.75) is 45.4 Å². The van der Waals surface area contributed by atoms with Gasteiger partial charge >= 0.3 is 0 Å². The second-order valence-corrected chi connectivity index (χ2v) is 5.72. The first-order valence-corrected chi connectivity index (χ1v) is 7.25. The van der Waals surface area contributed by atoms with E-state index in [2.05, 4.69) is 24.3 Å². The van der Waals surface area contributed by atoms with Crippen LogP contribution in [0.5, 0.6) is 0 Å². The lowest BCUT2D eigenvalue weighted by Gasteiger charge is -2.37. The van der Waals surface area contributed by atoms with Gasteiger partial charge < -0.3 is 9.64 Å². The van der Waals surface area contributed by atoms with E-state index >= 15 is 0 Å². The molecule has 1 aliphatic carbocycles. The summed E-state index contributed by atoms with van der Waals surface area (Å²) in [4.78, 5) is 14.5. The Morgan fingerprint density at radius 3 is 2.75 bits per heavy atom. The second-order valence-electron chi connectivity index (χ2n) is 5.72. The summed E-state index contributed by atoms with van der Waals surface area (Å²) in [5.41, 5.74) is 4.53. The quantitative estimate of drug-likeness (QED) is 0.826. The molecule has 0 aromatic heterocycles. The van der Waals surface area contributed by atoms with Crippen LogP contribution in [-0.4, -0.2) is 24.1 Å². The van der Waals surface area contributed by atoms with Gasteiger partial charge in [0.05, 0.1) is 6.04 Å². The van der Waals surface area contributed by atoms with Crippen molar-refractivity contribution < 1.29 is 9.53 Å². The standard InChI is InChI=1S/C17H21NO2/c1-11-12(2)17(20-3)18(16(11)19)15-10-6-8-13-7-4-5-9-14(13)15/h4-5,7,9,15,17H,6,8,10H2,1-3H3. The van der Waals surface area contributed by atoms with Gasteiger partial charge in [-0.1, -0.05) is 24.3 Å². The molecule has 20 heavy (non-hydrogen) atoms. The zero-order valence-corrected chi connectivity index (χ0v) is 12.3. The summed E-state index contributed by atoms with van der Waals surface area (Å²) in [5.74, 6) is 0.121. The van der Waals surface area contributed by atoms with Gasteiger partial charge in [-0.25, -0.2) is 0 Å². The molecule has 3 nitrogen and oxygen atoms in total. The number of hydrogen-bond donors (Lipinski definition) is 0. The van der Waals surface area contributed by atoms with Crippen LogP contribution in [0.15, 0.2) is 35.4 Å². The van der Waals surface area contributed by atoms with E-state index in [-0.39, 0.29) is 18.2 Å². The highest BCUT2D eigenvalue weighted by Crippen LogP contribution is 2.40. The summed E-state index contributed by atoms with van der Waals surface area (Å²) >= 11 is 0. The molecule has 1 aliphatic heterocycles. The van der Waals surface area contributed by atoms with E-state index in [1.165, 1.54) is 11.1 Å². The Morgan fingerprint density at radius 1 is 1.25 bits per heavy atom. The maximum absolute atomic E-state index is 12.6. The fourth-order valence-electron chi connectivity index (χ4n) is 3.48. The van der Waals surface area contributed by atoms with Gasteiger partial charge in [-0.05, 0) is 49.8 Å². The number of carbonyl (C=O) groups excluding carboxylic acids is 1. The van der Waals surface area contributed by atoms with Crippen molar-refractivity contribution >= 4 is 5.91 Å². The topological polar surface area (TPSA) is 29.5 Å². The lowest BCUT2D eigenvalue weighted by Crippen LogP contribution is -2.41. The van der Waals surface area contributed by atoms with Gasteiger partial charge in [-0.15, -0.1) is 0 Å². The third-order valence-corrected chi connectivity index (χ3v) is 4.67. The van der Waals surface area contributed by atoms with Crippen LogP contribution in [0.3, 0.4) is 0 Å². The van der Waals surface area contributed by atoms with Crippen LogP contribution in [0.2, 0.25) is 0 Å². The lowest BCUT2D eigenvalue weighted by molar-refractivity contribution is -0.138. The first-order valence-electron chi connectivity index (χ1n) is 7.25. The zero-order valence-electron chi connectivity index (χ0n) is 12.3. The Labute approximate surface area is 120 Å². The third-order valence-electron chi connectivity index (χ3n) is 4.67. The van der Waals surface area contributed by atoms with Crippen molar-refractivity contribution in [3.8, 4) is 0 Å². The SMILES string of the molecule is COC1C(C)=C(C)C(=O)N1C1CCCc2ccccc21. The normalized spacial score (nSPS) is 26.1. The van der Waals surface area contributed by atoms with Crippen LogP contribution in [0, 0.1) is 0 Å². The van der Waals surface area contributed by atoms with E-state index < -0.39 is 0 Å². The molecule has 3 heteroatoms. The number of hydrogen-bond acceptors (Lipinski definition) is 2. The van der Waals surface area contributed by atoms with E-state index in [1.807, 2.05) is 18.7 Å². The van der Waals surface area contributed by atoms with Gasteiger partial charge in [0.15, 0.2) is 6.23 Å². The summed E-state index contributed by atoms with van der Waals surface area (Å²) in [6.45, 7) is 3.90. The number of carbonyl (C=O) groups is 1. The van der Waals surface area contributed by atoms with E-state index in [9.17, 15) is 4.79 Å². The molecule has 2 atom stereocenters. The minimum atomic E-state index is -0.210. The highest BCUT2D eigenvalue weighted by molar-refractivity contribution is 5.97. The number of benzene rings is 1. The van der Waals surface area contributed by atoms with Gasteiger partial charge in [-0.2, -0.15) is 0 Å².